The number of nitrogens with zero attached hydrogens (tertiary/aromatic N) is 4. The van der Waals surface area contributed by atoms with Gasteiger partial charge in [0.15, 0.2) is 0 Å². The molecular formula is C51H65F3N6O7. The topological polar surface area (TPSA) is 136 Å². The number of aryl methyl sites for hydroxylation is 1. The molecule has 3 aliphatic heterocycles. The number of methoxy groups -OCH3 is 1. The lowest BCUT2D eigenvalue weighted by molar-refractivity contribution is -0.217. The van der Waals surface area contributed by atoms with E-state index in [0.717, 1.165) is 74.2 Å². The Labute approximate surface area is 390 Å². The smallest absolute Gasteiger partial charge is 0.395 e. The highest BCUT2D eigenvalue weighted by Crippen LogP contribution is 2.51. The van der Waals surface area contributed by atoms with Gasteiger partial charge >= 0.3 is 11.9 Å². The fraction of sp³-hybridized carbons (Fsp3) is 0.569. The van der Waals surface area contributed by atoms with Gasteiger partial charge < -0.3 is 19.5 Å². The summed E-state index contributed by atoms with van der Waals surface area (Å²) in [6.45, 7) is 9.83. The Morgan fingerprint density at radius 2 is 1.63 bits per heavy atom. The minimum absolute atomic E-state index is 0.0679. The molecule has 1 unspecified atom stereocenters. The monoisotopic (exact) mass is 930 g/mol. The molecule has 4 aliphatic rings. The van der Waals surface area contributed by atoms with Crippen molar-refractivity contribution in [2.45, 2.75) is 121 Å². The third kappa shape index (κ3) is 10.6. The lowest BCUT2D eigenvalue weighted by Crippen LogP contribution is -2.51. The number of nitrogens with one attached hydrogen (secondary N) is 2. The van der Waals surface area contributed by atoms with Gasteiger partial charge in [0.05, 0.1) is 41.8 Å². The summed E-state index contributed by atoms with van der Waals surface area (Å²) in [6, 6.07) is 20.3. The SMILES string of the molecule is COc1ccc([C@]2(CCN(Cc3ccc(OC4CC5(CCN(CC(=O)Nc6ccc7c(c6)n(C)c(=O)n7C6CCC(=O)NC6=O)CC5)C4)cc3)CC(C)(C)C(F)(F)F)CCOC(C)(C)C2)cc1. The number of aromatic nitrogens is 2. The standard InChI is InChI=1S/C51H65F3N6O7/c1-47(2,51(52,53)54)33-59(25-21-50(22-26-66-48(3,4)32-50)35-9-14-37(65-6)15-10-35)30-34-7-12-38(13-8-34)67-39-28-49(29-39)19-23-58(24-20-49)31-44(62)55-36-11-16-40-42(27-36)57(5)46(64)60(40)41-17-18-43(61)56-45(41)63/h7-16,27,39,41H,17-26,28-33H2,1-6H3,(H,55,62)(H,56,61,63)/t41?,50-/m1/s1. The van der Waals surface area contributed by atoms with Crippen LogP contribution >= 0.6 is 0 Å². The minimum atomic E-state index is -4.36. The van der Waals surface area contributed by atoms with Crippen LogP contribution in [0.4, 0.5) is 18.9 Å². The number of alkyl halides is 3. The molecule has 0 radical (unpaired) electrons. The van der Waals surface area contributed by atoms with Gasteiger partial charge in [-0.25, -0.2) is 4.79 Å². The second-order valence-electron chi connectivity index (χ2n) is 20.9. The summed E-state index contributed by atoms with van der Waals surface area (Å²) in [5.41, 5.74) is 0.994. The molecule has 1 spiro atoms. The molecule has 13 nitrogen and oxygen atoms in total. The molecule has 4 fully saturated rings. The van der Waals surface area contributed by atoms with Gasteiger partial charge in [0.1, 0.15) is 17.5 Å². The van der Waals surface area contributed by atoms with Gasteiger partial charge in [-0.15, -0.1) is 0 Å². The average Bonchev–Trinajstić information content (AvgIpc) is 3.50. The number of imidazole rings is 1. The molecule has 8 rings (SSSR count). The third-order valence-electron chi connectivity index (χ3n) is 15.0. The zero-order valence-electron chi connectivity index (χ0n) is 39.6. The lowest BCUT2D eigenvalue weighted by atomic mass is 9.61. The number of amides is 3. The van der Waals surface area contributed by atoms with E-state index in [1.165, 1.54) is 23.0 Å². The lowest BCUT2D eigenvalue weighted by Gasteiger charge is -2.51. The summed E-state index contributed by atoms with van der Waals surface area (Å²) < 4.78 is 63.8. The maximum absolute atomic E-state index is 14.3. The Balaban J connectivity index is 0.830. The van der Waals surface area contributed by atoms with Crippen LogP contribution < -0.4 is 25.8 Å². The van der Waals surface area contributed by atoms with Crippen LogP contribution in [0.1, 0.15) is 103 Å². The second kappa shape index (κ2) is 18.7. The summed E-state index contributed by atoms with van der Waals surface area (Å²) in [6.07, 6.45) is 2.07. The zero-order chi connectivity index (χ0) is 47.9. The van der Waals surface area contributed by atoms with Crippen molar-refractivity contribution in [2.75, 3.05) is 51.8 Å². The summed E-state index contributed by atoms with van der Waals surface area (Å²) in [5.74, 6) is 0.498. The number of fused-ring (bicyclic) bond motifs is 1. The van der Waals surface area contributed by atoms with Gasteiger partial charge in [-0.3, -0.25) is 38.6 Å². The van der Waals surface area contributed by atoms with Crippen LogP contribution in [-0.4, -0.2) is 101 Å². The number of ether oxygens (including phenoxy) is 3. The van der Waals surface area contributed by atoms with E-state index in [0.29, 0.717) is 42.8 Å². The number of piperidine rings is 2. The van der Waals surface area contributed by atoms with E-state index in [-0.39, 0.29) is 66.0 Å². The Bertz CT molecular complexity index is 2500. The number of hydrogen-bond donors (Lipinski definition) is 2. The van der Waals surface area contributed by atoms with Crippen LogP contribution in [0.3, 0.4) is 0 Å². The van der Waals surface area contributed by atoms with E-state index in [4.69, 9.17) is 14.2 Å². The second-order valence-corrected chi connectivity index (χ2v) is 20.9. The van der Waals surface area contributed by atoms with Crippen molar-refractivity contribution >= 4 is 34.4 Å². The summed E-state index contributed by atoms with van der Waals surface area (Å²) >= 11 is 0. The molecule has 3 amide bonds. The first-order valence-electron chi connectivity index (χ1n) is 23.6. The highest BCUT2D eigenvalue weighted by molar-refractivity contribution is 6.00. The predicted molar refractivity (Wildman–Crippen MR) is 249 cm³/mol. The van der Waals surface area contributed by atoms with Gasteiger partial charge in [0, 0.05) is 44.3 Å². The molecule has 3 saturated heterocycles. The van der Waals surface area contributed by atoms with Crippen molar-refractivity contribution in [2.24, 2.45) is 17.9 Å². The number of carbonyl (C=O) groups excluding carboxylic acids is 3. The molecule has 3 aromatic carbocycles. The number of likely N-dealkylation sites (tertiary alicyclic amines) is 1. The van der Waals surface area contributed by atoms with E-state index in [1.54, 1.807) is 32.4 Å². The van der Waals surface area contributed by atoms with Crippen LogP contribution in [0.5, 0.6) is 11.5 Å². The molecule has 67 heavy (non-hydrogen) atoms. The molecule has 2 N–H and O–H groups in total. The van der Waals surface area contributed by atoms with Gasteiger partial charge in [0.2, 0.25) is 17.7 Å². The van der Waals surface area contributed by atoms with E-state index in [2.05, 4.69) is 41.5 Å². The summed E-state index contributed by atoms with van der Waals surface area (Å²) in [4.78, 5) is 54.7. The molecule has 1 aliphatic carbocycles. The van der Waals surface area contributed by atoms with Crippen LogP contribution in [0.2, 0.25) is 0 Å². The van der Waals surface area contributed by atoms with Crippen molar-refractivity contribution in [3.8, 4) is 11.5 Å². The van der Waals surface area contributed by atoms with Crippen LogP contribution in [0.15, 0.2) is 71.5 Å². The van der Waals surface area contributed by atoms with E-state index < -0.39 is 23.5 Å². The molecule has 1 saturated carbocycles. The summed E-state index contributed by atoms with van der Waals surface area (Å²) in [7, 11) is 3.25. The number of hydrogen-bond acceptors (Lipinski definition) is 9. The summed E-state index contributed by atoms with van der Waals surface area (Å²) in [5, 5.41) is 5.29. The Kier molecular flexibility index (Phi) is 13.5. The van der Waals surface area contributed by atoms with Crippen LogP contribution in [0.25, 0.3) is 11.0 Å². The Hall–Kier alpha value is -5.19. The third-order valence-corrected chi connectivity index (χ3v) is 15.0. The zero-order valence-corrected chi connectivity index (χ0v) is 39.6. The Morgan fingerprint density at radius 3 is 2.27 bits per heavy atom. The number of halogens is 3. The fourth-order valence-electron chi connectivity index (χ4n) is 11.0. The first-order chi connectivity index (χ1) is 31.7. The molecule has 16 heteroatoms. The normalized spacial score (nSPS) is 22.4. The van der Waals surface area contributed by atoms with E-state index >= 15 is 0 Å². The number of anilines is 1. The van der Waals surface area contributed by atoms with Crippen LogP contribution in [0, 0.1) is 10.8 Å². The van der Waals surface area contributed by atoms with Gasteiger partial charge in [-0.2, -0.15) is 13.2 Å². The highest BCUT2D eigenvalue weighted by atomic mass is 19.4. The Morgan fingerprint density at radius 1 is 0.940 bits per heavy atom. The first-order valence-corrected chi connectivity index (χ1v) is 23.6. The molecule has 362 valence electrons. The molecule has 4 heterocycles. The van der Waals surface area contributed by atoms with E-state index in [1.807, 2.05) is 41.3 Å². The van der Waals surface area contributed by atoms with Crippen molar-refractivity contribution in [1.29, 1.82) is 0 Å². The van der Waals surface area contributed by atoms with Gasteiger partial charge in [-0.1, -0.05) is 24.3 Å². The number of benzene rings is 3. The highest BCUT2D eigenvalue weighted by Gasteiger charge is 2.49. The predicted octanol–water partition coefficient (Wildman–Crippen LogP) is 7.90. The van der Waals surface area contributed by atoms with Crippen molar-refractivity contribution in [3.63, 3.8) is 0 Å². The van der Waals surface area contributed by atoms with Crippen molar-refractivity contribution in [3.05, 3.63) is 88.3 Å². The first kappa shape index (κ1) is 48.3. The number of rotatable bonds is 15. The largest absolute Gasteiger partial charge is 0.497 e. The van der Waals surface area contributed by atoms with Gasteiger partial charge in [-0.05, 0) is 158 Å². The minimum Gasteiger partial charge on any atom is -0.497 e. The van der Waals surface area contributed by atoms with E-state index in [9.17, 15) is 32.3 Å². The average molecular weight is 931 g/mol. The quantitative estimate of drug-likeness (QED) is 0.114. The molecule has 0 bridgehead atoms. The van der Waals surface area contributed by atoms with Crippen LogP contribution in [-0.2, 0) is 38.1 Å². The molecule has 1 aromatic heterocycles. The molecule has 2 atom stereocenters. The number of carbonyl (C=O) groups is 3. The maximum atomic E-state index is 14.3. The van der Waals surface area contributed by atoms with Gasteiger partial charge in [0.25, 0.3) is 0 Å². The molecular weight excluding hydrogens is 866 g/mol. The number of imide groups is 1. The van der Waals surface area contributed by atoms with Crippen molar-refractivity contribution in [1.82, 2.24) is 24.3 Å². The maximum Gasteiger partial charge on any atom is 0.395 e. The van der Waals surface area contributed by atoms with Crippen molar-refractivity contribution < 1.29 is 41.8 Å². The fourth-order valence-corrected chi connectivity index (χ4v) is 11.0. The molecule has 4 aromatic rings.